The van der Waals surface area contributed by atoms with Gasteiger partial charge in [0.05, 0.1) is 5.69 Å². The quantitative estimate of drug-likeness (QED) is 0.609. The van der Waals surface area contributed by atoms with Crippen molar-refractivity contribution in [2.75, 3.05) is 10.6 Å². The summed E-state index contributed by atoms with van der Waals surface area (Å²) in [6.45, 7) is 0. The van der Waals surface area contributed by atoms with E-state index in [0.717, 1.165) is 9.79 Å². The summed E-state index contributed by atoms with van der Waals surface area (Å²) in [6, 6.07) is 23.0. The molecule has 0 aliphatic rings. The van der Waals surface area contributed by atoms with Crippen LogP contribution in [0.25, 0.3) is 0 Å². The number of phenolic OH excluding ortho intramolecular Hbond substituents is 1. The molecule has 0 radical (unpaired) electrons. The van der Waals surface area contributed by atoms with Crippen LogP contribution in [0.1, 0.15) is 0 Å². The smallest absolute Gasteiger partial charge is 0.314 e. The highest BCUT2D eigenvalue weighted by atomic mass is 32.2. The lowest BCUT2D eigenvalue weighted by molar-refractivity contribution is -0.133. The lowest BCUT2D eigenvalue weighted by Gasteiger charge is -2.11. The summed E-state index contributed by atoms with van der Waals surface area (Å²) in [4.78, 5) is 26.2. The topological polar surface area (TPSA) is 78.4 Å². The monoisotopic (exact) mass is 364 g/mol. The van der Waals surface area contributed by atoms with E-state index >= 15 is 0 Å². The molecule has 130 valence electrons. The predicted molar refractivity (Wildman–Crippen MR) is 102 cm³/mol. The Morgan fingerprint density at radius 1 is 0.769 bits per heavy atom. The predicted octanol–water partition coefficient (Wildman–Crippen LogP) is 4.12. The molecule has 0 fully saturated rings. The number of hydrogen-bond donors (Lipinski definition) is 3. The zero-order valence-electron chi connectivity index (χ0n) is 13.7. The minimum atomic E-state index is -0.810. The van der Waals surface area contributed by atoms with Gasteiger partial charge >= 0.3 is 11.8 Å². The molecule has 3 aromatic rings. The maximum Gasteiger partial charge on any atom is 0.314 e. The van der Waals surface area contributed by atoms with Crippen molar-refractivity contribution in [3.8, 4) is 5.75 Å². The molecule has 0 heterocycles. The van der Waals surface area contributed by atoms with Crippen LogP contribution < -0.4 is 10.6 Å². The molecule has 3 rings (SSSR count). The van der Waals surface area contributed by atoms with Crippen LogP contribution in [-0.2, 0) is 9.59 Å². The van der Waals surface area contributed by atoms with Crippen molar-refractivity contribution in [2.24, 2.45) is 0 Å². The molecular formula is C20H16N2O3S. The van der Waals surface area contributed by atoms with Gasteiger partial charge in [0, 0.05) is 21.5 Å². The number of carbonyl (C=O) groups excluding carboxylic acids is 2. The third-order valence-corrected chi connectivity index (χ3v) is 4.50. The molecule has 3 N–H and O–H groups in total. The van der Waals surface area contributed by atoms with Crippen molar-refractivity contribution in [3.05, 3.63) is 78.9 Å². The van der Waals surface area contributed by atoms with E-state index in [2.05, 4.69) is 10.6 Å². The standard InChI is InChI=1S/C20H16N2O3S/c23-15-8-6-7-14(13-15)21-19(24)20(25)22-17-11-4-5-12-18(17)26-16-9-2-1-3-10-16/h1-13,23H,(H,21,24)(H,22,25). The third-order valence-electron chi connectivity index (χ3n) is 3.42. The normalized spacial score (nSPS) is 10.2. The number of rotatable bonds is 4. The van der Waals surface area contributed by atoms with E-state index in [4.69, 9.17) is 0 Å². The van der Waals surface area contributed by atoms with Crippen LogP contribution in [0.15, 0.2) is 88.7 Å². The third kappa shape index (κ3) is 4.64. The van der Waals surface area contributed by atoms with E-state index in [0.29, 0.717) is 11.4 Å². The highest BCUT2D eigenvalue weighted by Crippen LogP contribution is 2.33. The van der Waals surface area contributed by atoms with Crippen molar-refractivity contribution >= 4 is 35.0 Å². The molecule has 6 heteroatoms. The van der Waals surface area contributed by atoms with Crippen molar-refractivity contribution in [2.45, 2.75) is 9.79 Å². The van der Waals surface area contributed by atoms with Gasteiger partial charge in [-0.2, -0.15) is 0 Å². The summed E-state index contributed by atoms with van der Waals surface area (Å²) in [5, 5.41) is 14.5. The lowest BCUT2D eigenvalue weighted by atomic mass is 10.3. The molecule has 0 atom stereocenters. The van der Waals surface area contributed by atoms with Crippen molar-refractivity contribution in [1.82, 2.24) is 0 Å². The number of hydrogen-bond acceptors (Lipinski definition) is 4. The molecule has 5 nitrogen and oxygen atoms in total. The Balaban J connectivity index is 1.70. The van der Waals surface area contributed by atoms with Gasteiger partial charge < -0.3 is 15.7 Å². The van der Waals surface area contributed by atoms with Crippen LogP contribution in [0.3, 0.4) is 0 Å². The van der Waals surface area contributed by atoms with Crippen LogP contribution in [0.5, 0.6) is 5.75 Å². The summed E-state index contributed by atoms with van der Waals surface area (Å²) in [5.41, 5.74) is 0.898. The minimum Gasteiger partial charge on any atom is -0.508 e. The Kier molecular flexibility index (Phi) is 5.56. The summed E-state index contributed by atoms with van der Waals surface area (Å²) in [6.07, 6.45) is 0. The zero-order valence-corrected chi connectivity index (χ0v) is 14.5. The molecule has 0 spiro atoms. The van der Waals surface area contributed by atoms with Crippen molar-refractivity contribution in [1.29, 1.82) is 0 Å². The molecule has 0 saturated heterocycles. The van der Waals surface area contributed by atoms with Crippen LogP contribution in [0, 0.1) is 0 Å². The van der Waals surface area contributed by atoms with E-state index in [1.807, 2.05) is 42.5 Å². The van der Waals surface area contributed by atoms with Crippen LogP contribution >= 0.6 is 11.8 Å². The zero-order chi connectivity index (χ0) is 18.4. The summed E-state index contributed by atoms with van der Waals surface area (Å²) in [7, 11) is 0. The van der Waals surface area contributed by atoms with Crippen LogP contribution in [0.2, 0.25) is 0 Å². The molecule has 3 aromatic carbocycles. The molecule has 0 unspecified atom stereocenters. The summed E-state index contributed by atoms with van der Waals surface area (Å²) in [5.74, 6) is -1.59. The number of amides is 2. The molecule has 0 saturated carbocycles. The fourth-order valence-electron chi connectivity index (χ4n) is 2.23. The number of para-hydroxylation sites is 1. The van der Waals surface area contributed by atoms with Gasteiger partial charge in [-0.25, -0.2) is 0 Å². The maximum absolute atomic E-state index is 12.2. The molecule has 0 aliphatic carbocycles. The van der Waals surface area contributed by atoms with Crippen molar-refractivity contribution in [3.63, 3.8) is 0 Å². The number of phenols is 1. The Hall–Kier alpha value is -3.25. The van der Waals surface area contributed by atoms with E-state index in [-0.39, 0.29) is 5.75 Å². The van der Waals surface area contributed by atoms with Gasteiger partial charge in [0.15, 0.2) is 0 Å². The first-order valence-corrected chi connectivity index (χ1v) is 8.67. The Labute approximate surface area is 155 Å². The van der Waals surface area contributed by atoms with Gasteiger partial charge in [0.25, 0.3) is 0 Å². The molecule has 0 aromatic heterocycles. The number of aromatic hydroxyl groups is 1. The second-order valence-electron chi connectivity index (χ2n) is 5.37. The molecule has 0 bridgehead atoms. The van der Waals surface area contributed by atoms with E-state index in [9.17, 15) is 14.7 Å². The number of nitrogens with one attached hydrogen (secondary N) is 2. The van der Waals surface area contributed by atoms with Gasteiger partial charge in [-0.05, 0) is 36.4 Å². The first-order chi connectivity index (χ1) is 12.6. The lowest BCUT2D eigenvalue weighted by Crippen LogP contribution is -2.29. The molecule has 2 amide bonds. The van der Waals surface area contributed by atoms with Gasteiger partial charge in [0.2, 0.25) is 0 Å². The Bertz CT molecular complexity index is 929. The SMILES string of the molecule is O=C(Nc1cccc(O)c1)C(=O)Nc1ccccc1Sc1ccccc1. The molecular weight excluding hydrogens is 348 g/mol. The maximum atomic E-state index is 12.2. The van der Waals surface area contributed by atoms with Gasteiger partial charge in [-0.3, -0.25) is 9.59 Å². The Morgan fingerprint density at radius 3 is 2.23 bits per heavy atom. The minimum absolute atomic E-state index is 0.00724. The highest BCUT2D eigenvalue weighted by Gasteiger charge is 2.16. The molecule has 26 heavy (non-hydrogen) atoms. The van der Waals surface area contributed by atoms with Crippen LogP contribution in [0.4, 0.5) is 11.4 Å². The average Bonchev–Trinajstić information content (AvgIpc) is 2.64. The number of anilines is 2. The van der Waals surface area contributed by atoms with Gasteiger partial charge in [-0.1, -0.05) is 48.2 Å². The number of carbonyl (C=O) groups is 2. The van der Waals surface area contributed by atoms with Crippen LogP contribution in [-0.4, -0.2) is 16.9 Å². The fourth-order valence-corrected chi connectivity index (χ4v) is 3.15. The van der Waals surface area contributed by atoms with Gasteiger partial charge in [-0.15, -0.1) is 0 Å². The van der Waals surface area contributed by atoms with E-state index in [1.54, 1.807) is 24.3 Å². The second-order valence-corrected chi connectivity index (χ2v) is 6.49. The highest BCUT2D eigenvalue weighted by molar-refractivity contribution is 7.99. The largest absolute Gasteiger partial charge is 0.508 e. The van der Waals surface area contributed by atoms with E-state index in [1.165, 1.54) is 23.9 Å². The Morgan fingerprint density at radius 2 is 1.46 bits per heavy atom. The average molecular weight is 364 g/mol. The van der Waals surface area contributed by atoms with E-state index < -0.39 is 11.8 Å². The fraction of sp³-hybridized carbons (Fsp3) is 0. The second kappa shape index (κ2) is 8.22. The molecule has 0 aliphatic heterocycles. The summed E-state index contributed by atoms with van der Waals surface area (Å²) < 4.78 is 0. The van der Waals surface area contributed by atoms with Crippen molar-refractivity contribution < 1.29 is 14.7 Å². The first-order valence-electron chi connectivity index (χ1n) is 7.85. The number of benzene rings is 3. The first kappa shape index (κ1) is 17.6. The van der Waals surface area contributed by atoms with Gasteiger partial charge in [0.1, 0.15) is 5.75 Å². The summed E-state index contributed by atoms with van der Waals surface area (Å²) >= 11 is 1.49.